The number of allylic oxidation sites excluding steroid dienone is 1. The summed E-state index contributed by atoms with van der Waals surface area (Å²) >= 11 is 6.84. The molecule has 0 fully saturated rings. The van der Waals surface area contributed by atoms with Gasteiger partial charge in [0.05, 0.1) is 10.00 Å². The van der Waals surface area contributed by atoms with Crippen LogP contribution in [0.25, 0.3) is 0 Å². The number of alkyl halides is 2. The molecule has 1 N–H and O–H groups in total. The molecule has 1 unspecified atom stereocenters. The van der Waals surface area contributed by atoms with E-state index in [9.17, 15) is 0 Å². The maximum Gasteiger partial charge on any atom is 0.0751 e. The van der Waals surface area contributed by atoms with Crippen molar-refractivity contribution in [2.45, 2.75) is 29.9 Å². The highest BCUT2D eigenvalue weighted by atomic mass is 79.9. The molecule has 0 aromatic carbocycles. The van der Waals surface area contributed by atoms with Crippen LogP contribution in [0.3, 0.4) is 0 Å². The van der Waals surface area contributed by atoms with Crippen LogP contribution in [-0.4, -0.2) is 8.84 Å². The SMILES string of the molecule is CC(C/C=C/O)CCC(Br)Br. The van der Waals surface area contributed by atoms with Crippen molar-refractivity contribution in [3.05, 3.63) is 12.3 Å². The van der Waals surface area contributed by atoms with Crippen molar-refractivity contribution in [1.82, 2.24) is 0 Å². The van der Waals surface area contributed by atoms with Gasteiger partial charge in [0.15, 0.2) is 0 Å². The van der Waals surface area contributed by atoms with Crippen LogP contribution in [0.4, 0.5) is 0 Å². The van der Waals surface area contributed by atoms with E-state index in [2.05, 4.69) is 38.8 Å². The molecular formula is C8H14Br2O. The van der Waals surface area contributed by atoms with Crippen LogP contribution in [0.1, 0.15) is 26.2 Å². The third kappa shape index (κ3) is 8.41. The molecule has 3 heteroatoms. The summed E-state index contributed by atoms with van der Waals surface area (Å²) in [6.07, 6.45) is 6.17. The minimum atomic E-state index is 0.426. The molecule has 0 spiro atoms. The predicted octanol–water partition coefficient (Wildman–Crippen LogP) is 3.98. The minimum Gasteiger partial charge on any atom is -0.516 e. The third-order valence-electron chi connectivity index (χ3n) is 1.52. The molecule has 0 saturated heterocycles. The second-order valence-corrected chi connectivity index (χ2v) is 6.13. The van der Waals surface area contributed by atoms with E-state index in [1.165, 1.54) is 6.42 Å². The van der Waals surface area contributed by atoms with Gasteiger partial charge in [-0.3, -0.25) is 0 Å². The van der Waals surface area contributed by atoms with Gasteiger partial charge in [-0.1, -0.05) is 38.8 Å². The number of rotatable bonds is 5. The van der Waals surface area contributed by atoms with Crippen LogP contribution in [0, 0.1) is 5.92 Å². The van der Waals surface area contributed by atoms with Crippen molar-refractivity contribution >= 4 is 31.9 Å². The Morgan fingerprint density at radius 2 is 2.00 bits per heavy atom. The monoisotopic (exact) mass is 284 g/mol. The second-order valence-electron chi connectivity index (χ2n) is 2.69. The van der Waals surface area contributed by atoms with Crippen molar-refractivity contribution in [1.29, 1.82) is 0 Å². The van der Waals surface area contributed by atoms with Gasteiger partial charge in [-0.15, -0.1) is 0 Å². The van der Waals surface area contributed by atoms with Crippen LogP contribution in [0.2, 0.25) is 0 Å². The fraction of sp³-hybridized carbons (Fsp3) is 0.750. The van der Waals surface area contributed by atoms with Gasteiger partial charge in [0, 0.05) is 0 Å². The van der Waals surface area contributed by atoms with Gasteiger partial charge in [0.2, 0.25) is 0 Å². The van der Waals surface area contributed by atoms with E-state index in [0.717, 1.165) is 19.1 Å². The molecule has 1 nitrogen and oxygen atoms in total. The van der Waals surface area contributed by atoms with Gasteiger partial charge in [-0.05, 0) is 31.3 Å². The maximum atomic E-state index is 8.39. The normalized spacial score (nSPS) is 14.5. The lowest BCUT2D eigenvalue weighted by Crippen LogP contribution is -1.95. The van der Waals surface area contributed by atoms with E-state index < -0.39 is 0 Å². The lowest BCUT2D eigenvalue weighted by molar-refractivity contribution is 0.461. The molecule has 0 saturated carbocycles. The molecular weight excluding hydrogens is 272 g/mol. The first-order valence-electron chi connectivity index (χ1n) is 3.74. The summed E-state index contributed by atoms with van der Waals surface area (Å²) in [5.41, 5.74) is 0. The van der Waals surface area contributed by atoms with Crippen LogP contribution in [0.15, 0.2) is 12.3 Å². The zero-order valence-electron chi connectivity index (χ0n) is 6.63. The highest BCUT2D eigenvalue weighted by Gasteiger charge is 2.02. The molecule has 0 aromatic rings. The van der Waals surface area contributed by atoms with Crippen molar-refractivity contribution in [2.75, 3.05) is 0 Å². The van der Waals surface area contributed by atoms with E-state index in [1.54, 1.807) is 6.08 Å². The average molecular weight is 286 g/mol. The van der Waals surface area contributed by atoms with Gasteiger partial charge < -0.3 is 5.11 Å². The molecule has 0 aromatic heterocycles. The van der Waals surface area contributed by atoms with Gasteiger partial charge >= 0.3 is 0 Å². The Morgan fingerprint density at radius 3 is 2.45 bits per heavy atom. The Labute approximate surface area is 85.1 Å². The number of hydrogen-bond donors (Lipinski definition) is 1. The van der Waals surface area contributed by atoms with Gasteiger partial charge in [-0.2, -0.15) is 0 Å². The van der Waals surface area contributed by atoms with E-state index in [1.807, 2.05) is 0 Å². The lowest BCUT2D eigenvalue weighted by Gasteiger charge is -2.07. The number of aliphatic hydroxyl groups is 1. The van der Waals surface area contributed by atoms with Crippen LogP contribution in [0.5, 0.6) is 0 Å². The topological polar surface area (TPSA) is 20.2 Å². The third-order valence-corrected chi connectivity index (χ3v) is 2.44. The Kier molecular flexibility index (Phi) is 7.49. The quantitative estimate of drug-likeness (QED) is 0.598. The summed E-state index contributed by atoms with van der Waals surface area (Å²) in [6, 6.07) is 0. The molecule has 0 bridgehead atoms. The first-order chi connectivity index (χ1) is 5.16. The molecule has 1 atom stereocenters. The van der Waals surface area contributed by atoms with Crippen molar-refractivity contribution in [3.63, 3.8) is 0 Å². The van der Waals surface area contributed by atoms with E-state index in [-0.39, 0.29) is 0 Å². The van der Waals surface area contributed by atoms with Crippen LogP contribution in [-0.2, 0) is 0 Å². The predicted molar refractivity (Wildman–Crippen MR) is 56.4 cm³/mol. The highest BCUT2D eigenvalue weighted by molar-refractivity contribution is 9.24. The van der Waals surface area contributed by atoms with Crippen LogP contribution >= 0.6 is 31.9 Å². The molecule has 11 heavy (non-hydrogen) atoms. The van der Waals surface area contributed by atoms with Gasteiger partial charge in [0.1, 0.15) is 0 Å². The van der Waals surface area contributed by atoms with E-state index in [0.29, 0.717) is 9.65 Å². The minimum absolute atomic E-state index is 0.426. The van der Waals surface area contributed by atoms with E-state index in [4.69, 9.17) is 5.11 Å². The Balaban J connectivity index is 3.29. The van der Waals surface area contributed by atoms with E-state index >= 15 is 0 Å². The summed E-state index contributed by atoms with van der Waals surface area (Å²) in [6.45, 7) is 2.18. The fourth-order valence-corrected chi connectivity index (χ4v) is 1.35. The molecule has 0 aliphatic rings. The molecule has 0 aliphatic heterocycles. The van der Waals surface area contributed by atoms with Crippen molar-refractivity contribution in [2.24, 2.45) is 5.92 Å². The molecule has 0 radical (unpaired) electrons. The Morgan fingerprint density at radius 1 is 1.36 bits per heavy atom. The number of halogens is 2. The molecule has 0 heterocycles. The van der Waals surface area contributed by atoms with Crippen LogP contribution < -0.4 is 0 Å². The summed E-state index contributed by atoms with van der Waals surface area (Å²) < 4.78 is 0.426. The Bertz CT molecular complexity index is 113. The molecule has 66 valence electrons. The Hall–Kier alpha value is 0.500. The first-order valence-corrected chi connectivity index (χ1v) is 5.57. The fourth-order valence-electron chi connectivity index (χ4n) is 0.822. The van der Waals surface area contributed by atoms with Gasteiger partial charge in [-0.25, -0.2) is 0 Å². The van der Waals surface area contributed by atoms with Gasteiger partial charge in [0.25, 0.3) is 0 Å². The maximum absolute atomic E-state index is 8.39. The molecule has 0 amide bonds. The smallest absolute Gasteiger partial charge is 0.0751 e. The largest absolute Gasteiger partial charge is 0.516 e. The average Bonchev–Trinajstić information content (AvgIpc) is 1.97. The number of aliphatic hydroxyl groups excluding tert-OH is 1. The van der Waals surface area contributed by atoms with Crippen molar-refractivity contribution < 1.29 is 5.11 Å². The lowest BCUT2D eigenvalue weighted by atomic mass is 10.0. The summed E-state index contributed by atoms with van der Waals surface area (Å²) in [5.74, 6) is 0.649. The summed E-state index contributed by atoms with van der Waals surface area (Å²) in [5, 5.41) is 8.39. The molecule has 0 rings (SSSR count). The summed E-state index contributed by atoms with van der Waals surface area (Å²) in [4.78, 5) is 0. The van der Waals surface area contributed by atoms with Crippen molar-refractivity contribution in [3.8, 4) is 0 Å². The zero-order chi connectivity index (χ0) is 8.69. The number of hydrogen-bond acceptors (Lipinski definition) is 1. The standard InChI is InChI=1S/C8H14Br2O/c1-7(3-2-6-11)4-5-8(9)10/h2,6-8,11H,3-5H2,1H3/b6-2+. The zero-order valence-corrected chi connectivity index (χ0v) is 9.81. The first kappa shape index (κ1) is 11.5. The molecule has 0 aliphatic carbocycles. The second kappa shape index (κ2) is 7.17. The summed E-state index contributed by atoms with van der Waals surface area (Å²) in [7, 11) is 0. The highest BCUT2D eigenvalue weighted by Crippen LogP contribution is 2.19.